The first-order valence-corrected chi connectivity index (χ1v) is 10.5. The Morgan fingerprint density at radius 1 is 1.07 bits per heavy atom. The molecule has 0 radical (unpaired) electrons. The summed E-state index contributed by atoms with van der Waals surface area (Å²) in [7, 11) is 0. The molecule has 2 heterocycles. The lowest BCUT2D eigenvalue weighted by Gasteiger charge is -2.26. The number of amides is 2. The first kappa shape index (κ1) is 18.4. The highest BCUT2D eigenvalue weighted by Gasteiger charge is 2.38. The minimum absolute atomic E-state index is 0.0939. The minimum atomic E-state index is -0.402. The van der Waals surface area contributed by atoms with Crippen molar-refractivity contribution in [2.24, 2.45) is 5.92 Å². The number of nitrogens with one attached hydrogen (secondary N) is 1. The van der Waals surface area contributed by atoms with Gasteiger partial charge in [-0.25, -0.2) is 0 Å². The molecule has 0 bridgehead atoms. The minimum Gasteiger partial charge on any atom is -0.330 e. The van der Waals surface area contributed by atoms with Crippen LogP contribution in [-0.2, 0) is 9.59 Å². The van der Waals surface area contributed by atoms with Gasteiger partial charge in [-0.1, -0.05) is 47.9 Å². The molecule has 6 nitrogen and oxygen atoms in total. The van der Waals surface area contributed by atoms with Crippen LogP contribution in [0.25, 0.3) is 10.6 Å². The van der Waals surface area contributed by atoms with E-state index in [2.05, 4.69) is 15.5 Å². The number of carbonyl (C=O) groups excluding carboxylic acids is 2. The van der Waals surface area contributed by atoms with Crippen LogP contribution in [-0.4, -0.2) is 39.5 Å². The first-order chi connectivity index (χ1) is 13.1. The van der Waals surface area contributed by atoms with E-state index in [9.17, 15) is 9.59 Å². The summed E-state index contributed by atoms with van der Waals surface area (Å²) >= 11 is 7.22. The third-order valence-corrected chi connectivity index (χ3v) is 6.43. The summed E-state index contributed by atoms with van der Waals surface area (Å²) in [6, 6.07) is 6.92. The molecular weight excluding hydrogens is 384 g/mol. The summed E-state index contributed by atoms with van der Waals surface area (Å²) in [5, 5.41) is 12.9. The highest BCUT2D eigenvalue weighted by Crippen LogP contribution is 2.31. The van der Waals surface area contributed by atoms with Gasteiger partial charge in [0.05, 0.1) is 0 Å². The predicted molar refractivity (Wildman–Crippen MR) is 106 cm³/mol. The van der Waals surface area contributed by atoms with Gasteiger partial charge < -0.3 is 4.90 Å². The van der Waals surface area contributed by atoms with Crippen molar-refractivity contribution < 1.29 is 9.59 Å². The van der Waals surface area contributed by atoms with Crippen LogP contribution in [0.1, 0.15) is 38.5 Å². The quantitative estimate of drug-likeness (QED) is 0.836. The Balaban J connectivity index is 1.42. The van der Waals surface area contributed by atoms with Gasteiger partial charge in [0.2, 0.25) is 16.9 Å². The fraction of sp³-hybridized carbons (Fsp3) is 0.474. The van der Waals surface area contributed by atoms with Crippen molar-refractivity contribution in [1.29, 1.82) is 0 Å². The Bertz CT molecular complexity index is 832. The normalized spacial score (nSPS) is 20.2. The number of anilines is 1. The van der Waals surface area contributed by atoms with Gasteiger partial charge in [0, 0.05) is 23.0 Å². The average Bonchev–Trinajstić information content (AvgIpc) is 3.42. The van der Waals surface area contributed by atoms with Gasteiger partial charge in [-0.2, -0.15) is 0 Å². The molecule has 1 N–H and O–H groups in total. The van der Waals surface area contributed by atoms with E-state index in [1.807, 2.05) is 12.1 Å². The van der Waals surface area contributed by atoms with E-state index in [0.717, 1.165) is 37.7 Å². The van der Waals surface area contributed by atoms with Crippen LogP contribution >= 0.6 is 22.9 Å². The molecule has 1 saturated carbocycles. The smallest absolute Gasteiger partial charge is 0.249 e. The average molecular weight is 405 g/mol. The zero-order valence-corrected chi connectivity index (χ0v) is 16.4. The Kier molecular flexibility index (Phi) is 5.41. The summed E-state index contributed by atoms with van der Waals surface area (Å²) in [6.07, 6.45) is 5.68. The molecule has 1 aromatic carbocycles. The number of hydrogen-bond donors (Lipinski definition) is 1. The van der Waals surface area contributed by atoms with Crippen LogP contribution in [0.4, 0.5) is 5.13 Å². The number of rotatable bonds is 4. The topological polar surface area (TPSA) is 75.2 Å². The second kappa shape index (κ2) is 7.94. The first-order valence-electron chi connectivity index (χ1n) is 9.32. The molecule has 1 aliphatic carbocycles. The van der Waals surface area contributed by atoms with Crippen molar-refractivity contribution in [2.45, 2.75) is 44.6 Å². The molecule has 1 aliphatic heterocycles. The predicted octanol–water partition coefficient (Wildman–Crippen LogP) is 3.98. The number of nitrogens with zero attached hydrogens (tertiary/aromatic N) is 3. The van der Waals surface area contributed by atoms with E-state index in [4.69, 9.17) is 11.6 Å². The van der Waals surface area contributed by atoms with Crippen molar-refractivity contribution >= 4 is 39.9 Å². The summed E-state index contributed by atoms with van der Waals surface area (Å²) in [6.45, 7) is 0.666. The molecule has 4 rings (SSSR count). The maximum absolute atomic E-state index is 12.8. The number of aromatic nitrogens is 2. The Labute approximate surface area is 166 Å². The van der Waals surface area contributed by atoms with E-state index >= 15 is 0 Å². The van der Waals surface area contributed by atoms with Crippen molar-refractivity contribution in [3.05, 3.63) is 29.3 Å². The van der Waals surface area contributed by atoms with E-state index in [1.54, 1.807) is 17.0 Å². The monoisotopic (exact) mass is 404 g/mol. The van der Waals surface area contributed by atoms with E-state index in [0.29, 0.717) is 28.1 Å². The van der Waals surface area contributed by atoms with Gasteiger partial charge in [-0.05, 0) is 37.8 Å². The molecule has 2 aliphatic rings. The van der Waals surface area contributed by atoms with Crippen LogP contribution < -0.4 is 5.32 Å². The lowest BCUT2D eigenvalue weighted by Crippen LogP contribution is -2.45. The van der Waals surface area contributed by atoms with Crippen LogP contribution in [0.5, 0.6) is 0 Å². The van der Waals surface area contributed by atoms with Crippen molar-refractivity contribution in [1.82, 2.24) is 15.1 Å². The van der Waals surface area contributed by atoms with Gasteiger partial charge in [0.25, 0.3) is 0 Å². The molecule has 2 amide bonds. The second-order valence-corrected chi connectivity index (χ2v) is 8.49. The zero-order chi connectivity index (χ0) is 18.8. The van der Waals surface area contributed by atoms with Crippen LogP contribution in [0.3, 0.4) is 0 Å². The number of likely N-dealkylation sites (tertiary alicyclic amines) is 1. The number of halogens is 1. The molecule has 2 fully saturated rings. The number of carbonyl (C=O) groups is 2. The van der Waals surface area contributed by atoms with Crippen LogP contribution in [0, 0.1) is 5.92 Å². The SMILES string of the molecule is O=C(Nc1nnc(-c2ccc(Cl)cc2)s1)[C@@H]1CCCN1C(=O)C1CCCC1. The molecule has 8 heteroatoms. The maximum atomic E-state index is 12.8. The van der Waals surface area contributed by atoms with Crippen LogP contribution in [0.2, 0.25) is 5.02 Å². The van der Waals surface area contributed by atoms with Crippen molar-refractivity contribution in [2.75, 3.05) is 11.9 Å². The lowest BCUT2D eigenvalue weighted by molar-refractivity contribution is -0.140. The second-order valence-electron chi connectivity index (χ2n) is 7.08. The number of benzene rings is 1. The summed E-state index contributed by atoms with van der Waals surface area (Å²) < 4.78 is 0. The maximum Gasteiger partial charge on any atom is 0.249 e. The molecule has 1 aromatic heterocycles. The molecular formula is C19H21ClN4O2S. The summed E-state index contributed by atoms with van der Waals surface area (Å²) in [5.41, 5.74) is 0.899. The third kappa shape index (κ3) is 3.99. The Morgan fingerprint density at radius 2 is 1.81 bits per heavy atom. The lowest BCUT2D eigenvalue weighted by atomic mass is 10.1. The Morgan fingerprint density at radius 3 is 2.56 bits per heavy atom. The van der Waals surface area contributed by atoms with Gasteiger partial charge in [0.15, 0.2) is 0 Å². The molecule has 1 saturated heterocycles. The standard InChI is InChI=1S/C19H21ClN4O2S/c20-14-9-7-12(8-10-14)17-22-23-19(27-17)21-16(25)15-6-3-11-24(15)18(26)13-4-1-2-5-13/h7-10,13,15H,1-6,11H2,(H,21,23,25)/t15-/m0/s1. The largest absolute Gasteiger partial charge is 0.330 e. The number of hydrogen-bond acceptors (Lipinski definition) is 5. The van der Waals surface area contributed by atoms with E-state index in [-0.39, 0.29) is 17.7 Å². The van der Waals surface area contributed by atoms with Gasteiger partial charge in [0.1, 0.15) is 11.0 Å². The fourth-order valence-electron chi connectivity index (χ4n) is 3.88. The molecule has 142 valence electrons. The van der Waals surface area contributed by atoms with Gasteiger partial charge in [-0.15, -0.1) is 10.2 Å². The van der Waals surface area contributed by atoms with Gasteiger partial charge in [-0.3, -0.25) is 14.9 Å². The van der Waals surface area contributed by atoms with Crippen molar-refractivity contribution in [3.8, 4) is 10.6 Å². The molecule has 0 spiro atoms. The summed E-state index contributed by atoms with van der Waals surface area (Å²) in [4.78, 5) is 27.3. The third-order valence-electron chi connectivity index (χ3n) is 5.29. The fourth-order valence-corrected chi connectivity index (χ4v) is 4.76. The molecule has 1 atom stereocenters. The van der Waals surface area contributed by atoms with E-state index < -0.39 is 6.04 Å². The van der Waals surface area contributed by atoms with Crippen molar-refractivity contribution in [3.63, 3.8) is 0 Å². The molecule has 0 unspecified atom stereocenters. The zero-order valence-electron chi connectivity index (χ0n) is 14.9. The summed E-state index contributed by atoms with van der Waals surface area (Å²) in [5.74, 6) is 0.0679. The van der Waals surface area contributed by atoms with E-state index in [1.165, 1.54) is 11.3 Å². The highest BCUT2D eigenvalue weighted by molar-refractivity contribution is 7.18. The van der Waals surface area contributed by atoms with Crippen LogP contribution in [0.15, 0.2) is 24.3 Å². The Hall–Kier alpha value is -1.99. The van der Waals surface area contributed by atoms with Gasteiger partial charge >= 0.3 is 0 Å². The molecule has 2 aromatic rings. The molecule has 27 heavy (non-hydrogen) atoms. The highest BCUT2D eigenvalue weighted by atomic mass is 35.5.